The number of carbonyl (C=O) groups is 1. The summed E-state index contributed by atoms with van der Waals surface area (Å²) in [5.41, 5.74) is 3.27. The first-order chi connectivity index (χ1) is 14.8. The Morgan fingerprint density at radius 1 is 0.903 bits per heavy atom. The highest BCUT2D eigenvalue weighted by atomic mass is 32.2. The third kappa shape index (κ3) is 5.93. The lowest BCUT2D eigenvalue weighted by Gasteiger charge is -2.18. The monoisotopic (exact) mass is 438 g/mol. The van der Waals surface area contributed by atoms with Crippen LogP contribution in [0.3, 0.4) is 0 Å². The van der Waals surface area contributed by atoms with Crippen LogP contribution < -0.4 is 14.8 Å². The van der Waals surface area contributed by atoms with Crippen molar-refractivity contribution in [2.75, 3.05) is 5.32 Å². The molecule has 0 aliphatic heterocycles. The summed E-state index contributed by atoms with van der Waals surface area (Å²) >= 11 is 0. The van der Waals surface area contributed by atoms with Gasteiger partial charge in [0.05, 0.1) is 4.90 Å². The van der Waals surface area contributed by atoms with Crippen molar-refractivity contribution in [3.63, 3.8) is 0 Å². The van der Waals surface area contributed by atoms with Gasteiger partial charge in [-0.1, -0.05) is 48.5 Å². The lowest BCUT2D eigenvalue weighted by molar-refractivity contribution is -0.122. The molecule has 162 valence electrons. The average Bonchev–Trinajstić information content (AvgIpc) is 2.76. The molecule has 0 aliphatic rings. The van der Waals surface area contributed by atoms with E-state index in [2.05, 4.69) is 10.0 Å². The van der Waals surface area contributed by atoms with E-state index in [1.807, 2.05) is 62.4 Å². The predicted octanol–water partition coefficient (Wildman–Crippen LogP) is 4.19. The number of sulfonamides is 1. The van der Waals surface area contributed by atoms with Gasteiger partial charge in [0.25, 0.3) is 5.91 Å². The quantitative estimate of drug-likeness (QED) is 0.552. The molecule has 3 aromatic rings. The fraction of sp³-hybridized carbons (Fsp3) is 0.208. The van der Waals surface area contributed by atoms with Crippen molar-refractivity contribution in [2.24, 2.45) is 0 Å². The number of carbonyl (C=O) groups excluding carboxylic acids is 1. The van der Waals surface area contributed by atoms with Crippen molar-refractivity contribution in [1.82, 2.24) is 4.72 Å². The van der Waals surface area contributed by atoms with Crippen LogP contribution in [0.4, 0.5) is 5.69 Å². The molecule has 0 fully saturated rings. The minimum atomic E-state index is -3.66. The van der Waals surface area contributed by atoms with Crippen LogP contribution >= 0.6 is 0 Å². The SMILES string of the molecule is Cc1cccc(C)c1O[C@@H](C)C(=O)Nc1ccc(S(=O)(=O)NCc2ccccc2)cc1. The Morgan fingerprint density at radius 2 is 1.52 bits per heavy atom. The number of para-hydroxylation sites is 1. The van der Waals surface area contributed by atoms with E-state index in [0.717, 1.165) is 16.7 Å². The summed E-state index contributed by atoms with van der Waals surface area (Å²) in [5, 5.41) is 2.76. The van der Waals surface area contributed by atoms with E-state index < -0.39 is 16.1 Å². The average molecular weight is 439 g/mol. The Kier molecular flexibility index (Phi) is 7.09. The molecule has 1 amide bonds. The zero-order valence-corrected chi connectivity index (χ0v) is 18.6. The van der Waals surface area contributed by atoms with Crippen molar-refractivity contribution in [1.29, 1.82) is 0 Å². The molecular weight excluding hydrogens is 412 g/mol. The first kappa shape index (κ1) is 22.5. The molecule has 0 heterocycles. The van der Waals surface area contributed by atoms with Crippen molar-refractivity contribution in [3.8, 4) is 5.75 Å². The summed E-state index contributed by atoms with van der Waals surface area (Å²) in [4.78, 5) is 12.6. The second-order valence-corrected chi connectivity index (χ2v) is 9.07. The van der Waals surface area contributed by atoms with Gasteiger partial charge in [-0.2, -0.15) is 0 Å². The number of benzene rings is 3. The van der Waals surface area contributed by atoms with Crippen LogP contribution in [0.1, 0.15) is 23.6 Å². The Hall–Kier alpha value is -3.16. The Balaban J connectivity index is 1.61. The third-order valence-corrected chi connectivity index (χ3v) is 6.23. The normalized spacial score (nSPS) is 12.2. The molecule has 0 spiro atoms. The molecular formula is C24H26N2O4S. The molecule has 0 saturated carbocycles. The number of hydrogen-bond acceptors (Lipinski definition) is 4. The molecule has 1 atom stereocenters. The van der Waals surface area contributed by atoms with Gasteiger partial charge in [-0.05, 0) is 61.7 Å². The third-order valence-electron chi connectivity index (χ3n) is 4.81. The first-order valence-electron chi connectivity index (χ1n) is 9.93. The summed E-state index contributed by atoms with van der Waals surface area (Å²) < 4.78 is 33.4. The fourth-order valence-corrected chi connectivity index (χ4v) is 4.05. The molecule has 6 nitrogen and oxygen atoms in total. The second kappa shape index (κ2) is 9.76. The predicted molar refractivity (Wildman–Crippen MR) is 122 cm³/mol. The molecule has 3 rings (SSSR count). The summed E-state index contributed by atoms with van der Waals surface area (Å²) in [5.74, 6) is 0.372. The van der Waals surface area contributed by atoms with E-state index in [1.165, 1.54) is 12.1 Å². The maximum atomic E-state index is 12.5. The van der Waals surface area contributed by atoms with Gasteiger partial charge in [0.1, 0.15) is 5.75 Å². The molecule has 0 saturated heterocycles. The van der Waals surface area contributed by atoms with E-state index in [4.69, 9.17) is 4.74 Å². The lowest BCUT2D eigenvalue weighted by Crippen LogP contribution is -2.30. The zero-order valence-electron chi connectivity index (χ0n) is 17.8. The van der Waals surface area contributed by atoms with Crippen molar-refractivity contribution in [3.05, 3.63) is 89.5 Å². The minimum Gasteiger partial charge on any atom is -0.480 e. The fourth-order valence-electron chi connectivity index (χ4n) is 3.03. The highest BCUT2D eigenvalue weighted by molar-refractivity contribution is 7.89. The van der Waals surface area contributed by atoms with Crippen LogP contribution in [0.25, 0.3) is 0 Å². The highest BCUT2D eigenvalue weighted by Crippen LogP contribution is 2.24. The molecule has 3 aromatic carbocycles. The Bertz CT molecular complexity index is 1120. The van der Waals surface area contributed by atoms with E-state index in [0.29, 0.717) is 11.4 Å². The van der Waals surface area contributed by atoms with Crippen LogP contribution in [-0.4, -0.2) is 20.4 Å². The van der Waals surface area contributed by atoms with Crippen molar-refractivity contribution in [2.45, 2.75) is 38.3 Å². The number of aryl methyl sites for hydroxylation is 2. The molecule has 0 unspecified atom stereocenters. The smallest absolute Gasteiger partial charge is 0.265 e. The van der Waals surface area contributed by atoms with Crippen molar-refractivity contribution < 1.29 is 17.9 Å². The number of rotatable bonds is 8. The summed E-state index contributed by atoms with van der Waals surface area (Å²) in [6, 6.07) is 21.1. The van der Waals surface area contributed by atoms with Gasteiger partial charge < -0.3 is 10.1 Å². The van der Waals surface area contributed by atoms with Gasteiger partial charge in [-0.25, -0.2) is 13.1 Å². The summed E-state index contributed by atoms with van der Waals surface area (Å²) in [7, 11) is -3.66. The van der Waals surface area contributed by atoms with Gasteiger partial charge in [0.2, 0.25) is 10.0 Å². The summed E-state index contributed by atoms with van der Waals surface area (Å²) in [6.07, 6.45) is -0.712. The topological polar surface area (TPSA) is 84.5 Å². The number of nitrogens with one attached hydrogen (secondary N) is 2. The molecule has 2 N–H and O–H groups in total. The van der Waals surface area contributed by atoms with Crippen LogP contribution in [-0.2, 0) is 21.4 Å². The molecule has 0 bridgehead atoms. The molecule has 31 heavy (non-hydrogen) atoms. The van der Waals surface area contributed by atoms with E-state index in [-0.39, 0.29) is 17.3 Å². The second-order valence-electron chi connectivity index (χ2n) is 7.30. The van der Waals surface area contributed by atoms with E-state index in [9.17, 15) is 13.2 Å². The van der Waals surface area contributed by atoms with E-state index >= 15 is 0 Å². The van der Waals surface area contributed by atoms with Gasteiger partial charge in [-0.3, -0.25) is 4.79 Å². The maximum absolute atomic E-state index is 12.5. The standard InChI is InChI=1S/C24H26N2O4S/c1-17-8-7-9-18(2)23(17)30-19(3)24(27)26-21-12-14-22(15-13-21)31(28,29)25-16-20-10-5-4-6-11-20/h4-15,19,25H,16H2,1-3H3,(H,26,27)/t19-/m0/s1. The van der Waals surface area contributed by atoms with E-state index in [1.54, 1.807) is 19.1 Å². The van der Waals surface area contributed by atoms with Gasteiger partial charge >= 0.3 is 0 Å². The van der Waals surface area contributed by atoms with Crippen LogP contribution in [0.2, 0.25) is 0 Å². The molecule has 0 radical (unpaired) electrons. The van der Waals surface area contributed by atoms with Gasteiger partial charge in [0, 0.05) is 12.2 Å². The number of ether oxygens (including phenoxy) is 1. The largest absolute Gasteiger partial charge is 0.480 e. The number of amides is 1. The van der Waals surface area contributed by atoms with Crippen LogP contribution in [0.5, 0.6) is 5.75 Å². The van der Waals surface area contributed by atoms with Crippen LogP contribution in [0.15, 0.2) is 77.7 Å². The maximum Gasteiger partial charge on any atom is 0.265 e. The Morgan fingerprint density at radius 3 is 2.13 bits per heavy atom. The van der Waals surface area contributed by atoms with Crippen LogP contribution in [0, 0.1) is 13.8 Å². The molecule has 0 aliphatic carbocycles. The zero-order chi connectivity index (χ0) is 22.4. The van der Waals surface area contributed by atoms with Crippen molar-refractivity contribution >= 4 is 21.6 Å². The minimum absolute atomic E-state index is 0.126. The Labute approximate surface area is 183 Å². The number of anilines is 1. The lowest BCUT2D eigenvalue weighted by atomic mass is 10.1. The summed E-state index contributed by atoms with van der Waals surface area (Å²) in [6.45, 7) is 5.73. The van der Waals surface area contributed by atoms with Gasteiger partial charge in [-0.15, -0.1) is 0 Å². The number of hydrogen-bond donors (Lipinski definition) is 2. The molecule has 0 aromatic heterocycles. The van der Waals surface area contributed by atoms with Gasteiger partial charge in [0.15, 0.2) is 6.10 Å². The first-order valence-corrected chi connectivity index (χ1v) is 11.4. The highest BCUT2D eigenvalue weighted by Gasteiger charge is 2.18. The molecule has 7 heteroatoms.